The Kier molecular flexibility index (Phi) is 4.90. The van der Waals surface area contributed by atoms with Crippen molar-refractivity contribution in [2.24, 2.45) is 0 Å². The van der Waals surface area contributed by atoms with E-state index in [9.17, 15) is 4.79 Å². The molecule has 0 atom stereocenters. The molecule has 18 heavy (non-hydrogen) atoms. The van der Waals surface area contributed by atoms with Crippen LogP contribution in [0.2, 0.25) is 5.15 Å². The molecule has 0 spiro atoms. The Bertz CT molecular complexity index is 408. The van der Waals surface area contributed by atoms with Crippen LogP contribution in [0.4, 0.5) is 5.82 Å². The molecule has 1 aromatic rings. The number of hydrogen-bond donors (Lipinski definition) is 1. The van der Waals surface area contributed by atoms with Gasteiger partial charge in [0.15, 0.2) is 6.29 Å². The molecule has 0 aliphatic heterocycles. The van der Waals surface area contributed by atoms with Gasteiger partial charge in [0.25, 0.3) is 0 Å². The second-order valence-electron chi connectivity index (χ2n) is 4.25. The van der Waals surface area contributed by atoms with Crippen LogP contribution in [-0.2, 0) is 4.74 Å². The molecule has 0 bridgehead atoms. The molecular weight excluding hydrogens is 254 g/mol. The molecule has 1 heterocycles. The Hall–Kier alpha value is -1.20. The molecular formula is C12H16ClN3O2. The highest BCUT2D eigenvalue weighted by atomic mass is 35.5. The maximum Gasteiger partial charge on any atom is 0.156 e. The summed E-state index contributed by atoms with van der Waals surface area (Å²) in [5.41, 5.74) is 0.292. The fourth-order valence-electron chi connectivity index (χ4n) is 2.07. The summed E-state index contributed by atoms with van der Waals surface area (Å²) in [7, 11) is 0. The molecule has 5 nitrogen and oxygen atoms in total. The SMILES string of the molecule is O=Cc1c(Cl)ncnc1NCCOC1CCCC1. The number of ether oxygens (including phenoxy) is 1. The number of nitrogens with one attached hydrogen (secondary N) is 1. The van der Waals surface area contributed by atoms with Crippen LogP contribution in [0, 0.1) is 0 Å². The molecule has 2 rings (SSSR count). The lowest BCUT2D eigenvalue weighted by atomic mass is 10.3. The van der Waals surface area contributed by atoms with Crippen molar-refractivity contribution < 1.29 is 9.53 Å². The van der Waals surface area contributed by atoms with Crippen LogP contribution in [0.25, 0.3) is 0 Å². The van der Waals surface area contributed by atoms with Gasteiger partial charge in [-0.05, 0) is 12.8 Å². The van der Waals surface area contributed by atoms with Crippen LogP contribution in [0.15, 0.2) is 6.33 Å². The van der Waals surface area contributed by atoms with Crippen LogP contribution in [0.3, 0.4) is 0 Å². The van der Waals surface area contributed by atoms with Crippen LogP contribution >= 0.6 is 11.6 Å². The summed E-state index contributed by atoms with van der Waals surface area (Å²) in [6.07, 6.45) is 7.20. The Morgan fingerprint density at radius 1 is 1.44 bits per heavy atom. The molecule has 1 fully saturated rings. The summed E-state index contributed by atoms with van der Waals surface area (Å²) in [6.45, 7) is 1.20. The van der Waals surface area contributed by atoms with Gasteiger partial charge in [-0.2, -0.15) is 0 Å². The Balaban J connectivity index is 1.79. The first kappa shape index (κ1) is 13.2. The van der Waals surface area contributed by atoms with E-state index in [-0.39, 0.29) is 5.15 Å². The number of carbonyl (C=O) groups is 1. The summed E-state index contributed by atoms with van der Waals surface area (Å²) >= 11 is 5.79. The van der Waals surface area contributed by atoms with E-state index < -0.39 is 0 Å². The lowest BCUT2D eigenvalue weighted by Gasteiger charge is -2.12. The second-order valence-corrected chi connectivity index (χ2v) is 4.61. The van der Waals surface area contributed by atoms with Gasteiger partial charge in [-0.15, -0.1) is 0 Å². The molecule has 0 unspecified atom stereocenters. The molecule has 0 aromatic carbocycles. The quantitative estimate of drug-likeness (QED) is 0.488. The Morgan fingerprint density at radius 2 is 2.22 bits per heavy atom. The minimum absolute atomic E-state index is 0.166. The molecule has 1 aromatic heterocycles. The van der Waals surface area contributed by atoms with E-state index in [1.807, 2.05) is 0 Å². The number of aldehydes is 1. The number of halogens is 1. The van der Waals surface area contributed by atoms with Crippen molar-refractivity contribution in [3.05, 3.63) is 17.0 Å². The van der Waals surface area contributed by atoms with Crippen LogP contribution < -0.4 is 5.32 Å². The van der Waals surface area contributed by atoms with Gasteiger partial charge >= 0.3 is 0 Å². The van der Waals surface area contributed by atoms with Crippen LogP contribution in [0.5, 0.6) is 0 Å². The van der Waals surface area contributed by atoms with Gasteiger partial charge in [0.1, 0.15) is 17.3 Å². The summed E-state index contributed by atoms with van der Waals surface area (Å²) in [4.78, 5) is 18.6. The molecule has 0 radical (unpaired) electrons. The highest BCUT2D eigenvalue weighted by Crippen LogP contribution is 2.21. The number of nitrogens with zero attached hydrogens (tertiary/aromatic N) is 2. The first-order valence-electron chi connectivity index (χ1n) is 6.12. The average molecular weight is 270 g/mol. The van der Waals surface area contributed by atoms with Gasteiger partial charge in [0, 0.05) is 6.54 Å². The lowest BCUT2D eigenvalue weighted by Crippen LogP contribution is -2.16. The van der Waals surface area contributed by atoms with Crippen molar-refractivity contribution in [1.82, 2.24) is 9.97 Å². The van der Waals surface area contributed by atoms with Gasteiger partial charge in [0.05, 0.1) is 18.3 Å². The number of anilines is 1. The van der Waals surface area contributed by atoms with Gasteiger partial charge in [-0.25, -0.2) is 9.97 Å². The zero-order valence-corrected chi connectivity index (χ0v) is 10.8. The van der Waals surface area contributed by atoms with Crippen molar-refractivity contribution in [3.63, 3.8) is 0 Å². The van der Waals surface area contributed by atoms with Crippen molar-refractivity contribution >= 4 is 23.7 Å². The topological polar surface area (TPSA) is 64.1 Å². The number of carbonyl (C=O) groups excluding carboxylic acids is 1. The molecule has 1 aliphatic carbocycles. The predicted molar refractivity (Wildman–Crippen MR) is 69.1 cm³/mol. The minimum Gasteiger partial charge on any atom is -0.376 e. The summed E-state index contributed by atoms with van der Waals surface area (Å²) in [6, 6.07) is 0. The van der Waals surface area contributed by atoms with E-state index in [0.29, 0.717) is 36.9 Å². The van der Waals surface area contributed by atoms with Gasteiger partial charge in [-0.1, -0.05) is 24.4 Å². The fraction of sp³-hybridized carbons (Fsp3) is 0.583. The number of aromatic nitrogens is 2. The van der Waals surface area contributed by atoms with Crippen molar-refractivity contribution in [2.75, 3.05) is 18.5 Å². The molecule has 0 amide bonds. The average Bonchev–Trinajstić information content (AvgIpc) is 2.88. The van der Waals surface area contributed by atoms with E-state index in [2.05, 4.69) is 15.3 Å². The highest BCUT2D eigenvalue weighted by Gasteiger charge is 2.15. The van der Waals surface area contributed by atoms with Crippen molar-refractivity contribution in [2.45, 2.75) is 31.8 Å². The zero-order valence-electron chi connectivity index (χ0n) is 10.1. The first-order chi connectivity index (χ1) is 8.81. The van der Waals surface area contributed by atoms with E-state index >= 15 is 0 Å². The van der Waals surface area contributed by atoms with Gasteiger partial charge < -0.3 is 10.1 Å². The number of rotatable bonds is 6. The lowest BCUT2D eigenvalue weighted by molar-refractivity contribution is 0.0658. The molecule has 98 valence electrons. The fourth-order valence-corrected chi connectivity index (χ4v) is 2.25. The second kappa shape index (κ2) is 6.66. The van der Waals surface area contributed by atoms with Crippen LogP contribution in [-0.4, -0.2) is 35.5 Å². The van der Waals surface area contributed by atoms with Crippen molar-refractivity contribution in [1.29, 1.82) is 0 Å². The maximum atomic E-state index is 10.9. The molecule has 1 N–H and O–H groups in total. The Labute approximate surface area is 111 Å². The normalized spacial score (nSPS) is 15.8. The third kappa shape index (κ3) is 3.40. The van der Waals surface area contributed by atoms with Gasteiger partial charge in [0.2, 0.25) is 0 Å². The van der Waals surface area contributed by atoms with Crippen LogP contribution in [0.1, 0.15) is 36.0 Å². The first-order valence-corrected chi connectivity index (χ1v) is 6.50. The van der Waals surface area contributed by atoms with E-state index in [0.717, 1.165) is 12.8 Å². The van der Waals surface area contributed by atoms with Gasteiger partial charge in [-0.3, -0.25) is 4.79 Å². The molecule has 6 heteroatoms. The largest absolute Gasteiger partial charge is 0.376 e. The zero-order chi connectivity index (χ0) is 12.8. The van der Waals surface area contributed by atoms with E-state index in [4.69, 9.17) is 16.3 Å². The highest BCUT2D eigenvalue weighted by molar-refractivity contribution is 6.32. The van der Waals surface area contributed by atoms with E-state index in [1.165, 1.54) is 19.2 Å². The maximum absolute atomic E-state index is 10.9. The number of hydrogen-bond acceptors (Lipinski definition) is 5. The van der Waals surface area contributed by atoms with Crippen molar-refractivity contribution in [3.8, 4) is 0 Å². The molecule has 1 saturated carbocycles. The predicted octanol–water partition coefficient (Wildman–Crippen LogP) is 2.31. The third-order valence-electron chi connectivity index (χ3n) is 3.00. The summed E-state index contributed by atoms with van der Waals surface area (Å²) in [5.74, 6) is 0.458. The summed E-state index contributed by atoms with van der Waals surface area (Å²) < 4.78 is 5.70. The summed E-state index contributed by atoms with van der Waals surface area (Å²) in [5, 5.41) is 3.20. The Morgan fingerprint density at radius 3 is 2.94 bits per heavy atom. The smallest absolute Gasteiger partial charge is 0.156 e. The monoisotopic (exact) mass is 269 g/mol. The minimum atomic E-state index is 0.166. The standard InChI is InChI=1S/C12H16ClN3O2/c13-11-10(7-17)12(16-8-15-11)14-5-6-18-9-3-1-2-4-9/h7-9H,1-6H2,(H,14,15,16). The molecule has 0 saturated heterocycles. The molecule has 1 aliphatic rings. The third-order valence-corrected chi connectivity index (χ3v) is 3.30. The van der Waals surface area contributed by atoms with E-state index in [1.54, 1.807) is 0 Å².